The maximum atomic E-state index is 5.39. The average molecular weight is 146 g/mol. The first kappa shape index (κ1) is 9.18. The van der Waals surface area contributed by atoms with Crippen LogP contribution in [-0.2, 0) is 4.43 Å². The van der Waals surface area contributed by atoms with Crippen molar-refractivity contribution in [2.45, 2.75) is 39.7 Å². The van der Waals surface area contributed by atoms with Crippen LogP contribution in [0.25, 0.3) is 0 Å². The monoisotopic (exact) mass is 146 g/mol. The van der Waals surface area contributed by atoms with E-state index in [0.717, 1.165) is 16.4 Å². The second-order valence-electron chi connectivity index (χ2n) is 2.57. The Morgan fingerprint density at radius 1 is 1.33 bits per heavy atom. The molecule has 0 spiro atoms. The first-order valence-electron chi connectivity index (χ1n) is 3.79. The molecule has 0 heterocycles. The largest absolute Gasteiger partial charge is 0.425 e. The van der Waals surface area contributed by atoms with Gasteiger partial charge in [0.25, 0.3) is 0 Å². The van der Waals surface area contributed by atoms with Crippen LogP contribution < -0.4 is 0 Å². The van der Waals surface area contributed by atoms with Crippen molar-refractivity contribution in [3.63, 3.8) is 0 Å². The van der Waals surface area contributed by atoms with E-state index in [9.17, 15) is 0 Å². The fraction of sp³-hybridized carbons (Fsp3) is 1.00. The second-order valence-corrected chi connectivity index (χ2v) is 3.04. The second kappa shape index (κ2) is 5.00. The van der Waals surface area contributed by atoms with Gasteiger partial charge in [-0.05, 0) is 12.3 Å². The standard InChI is InChI=1S/C7H18OSi/c1-4-6(3)7(5-2)8-9/h6-7H,4-5H2,1-3,9H3. The van der Waals surface area contributed by atoms with Gasteiger partial charge >= 0.3 is 0 Å². The van der Waals surface area contributed by atoms with Gasteiger partial charge in [0, 0.05) is 6.10 Å². The minimum atomic E-state index is 0.529. The minimum absolute atomic E-state index is 0.529. The van der Waals surface area contributed by atoms with Crippen LogP contribution in [0.2, 0.25) is 0 Å². The molecule has 0 aliphatic rings. The molecule has 9 heavy (non-hydrogen) atoms. The third-order valence-electron chi connectivity index (χ3n) is 1.98. The lowest BCUT2D eigenvalue weighted by Gasteiger charge is -2.19. The summed E-state index contributed by atoms with van der Waals surface area (Å²) in [6, 6.07) is 0. The van der Waals surface area contributed by atoms with Crippen molar-refractivity contribution in [1.82, 2.24) is 0 Å². The van der Waals surface area contributed by atoms with Gasteiger partial charge in [-0.1, -0.05) is 27.2 Å². The van der Waals surface area contributed by atoms with Crippen molar-refractivity contribution in [1.29, 1.82) is 0 Å². The van der Waals surface area contributed by atoms with Gasteiger partial charge in [-0.2, -0.15) is 0 Å². The Bertz CT molecular complexity index is 61.9. The molecule has 2 heteroatoms. The van der Waals surface area contributed by atoms with Crippen LogP contribution in [0.4, 0.5) is 0 Å². The Morgan fingerprint density at radius 2 is 1.89 bits per heavy atom. The fourth-order valence-electron chi connectivity index (χ4n) is 1.06. The molecule has 0 aliphatic carbocycles. The summed E-state index contributed by atoms with van der Waals surface area (Å²) in [5.74, 6) is 0.743. The molecule has 0 amide bonds. The summed E-state index contributed by atoms with van der Waals surface area (Å²) in [4.78, 5) is 0. The predicted octanol–water partition coefficient (Wildman–Crippen LogP) is 1.11. The molecule has 0 aromatic rings. The van der Waals surface area contributed by atoms with Crippen LogP contribution in [0.3, 0.4) is 0 Å². The highest BCUT2D eigenvalue weighted by atomic mass is 28.2. The summed E-state index contributed by atoms with van der Waals surface area (Å²) in [7, 11) is 0.884. The molecular weight excluding hydrogens is 128 g/mol. The maximum Gasteiger partial charge on any atom is 0.146 e. The van der Waals surface area contributed by atoms with E-state index in [2.05, 4.69) is 20.8 Å². The summed E-state index contributed by atoms with van der Waals surface area (Å²) in [6.45, 7) is 6.66. The summed E-state index contributed by atoms with van der Waals surface area (Å²) in [5, 5.41) is 0. The van der Waals surface area contributed by atoms with Crippen molar-refractivity contribution in [3.8, 4) is 0 Å². The minimum Gasteiger partial charge on any atom is -0.425 e. The first-order chi connectivity index (χ1) is 4.26. The molecular formula is C7H18OSi. The lowest BCUT2D eigenvalue weighted by Crippen LogP contribution is -2.18. The van der Waals surface area contributed by atoms with Gasteiger partial charge in [0.2, 0.25) is 0 Å². The van der Waals surface area contributed by atoms with Gasteiger partial charge in [0.15, 0.2) is 0 Å². The molecule has 0 radical (unpaired) electrons. The SMILES string of the molecule is CCC(C)C(CC)O[SiH3]. The van der Waals surface area contributed by atoms with Gasteiger partial charge in [-0.25, -0.2) is 0 Å². The molecule has 1 nitrogen and oxygen atoms in total. The Morgan fingerprint density at radius 3 is 2.00 bits per heavy atom. The van der Waals surface area contributed by atoms with Crippen LogP contribution in [0.15, 0.2) is 0 Å². The maximum absolute atomic E-state index is 5.39. The van der Waals surface area contributed by atoms with Crippen molar-refractivity contribution in [2.24, 2.45) is 5.92 Å². The normalized spacial score (nSPS) is 17.7. The van der Waals surface area contributed by atoms with Gasteiger partial charge in [0.1, 0.15) is 10.5 Å². The van der Waals surface area contributed by atoms with Crippen molar-refractivity contribution >= 4 is 10.5 Å². The fourth-order valence-corrected chi connectivity index (χ4v) is 1.86. The molecule has 56 valence electrons. The summed E-state index contributed by atoms with van der Waals surface area (Å²) < 4.78 is 5.39. The molecule has 0 aliphatic heterocycles. The molecule has 0 bridgehead atoms. The molecule has 0 aromatic heterocycles. The van der Waals surface area contributed by atoms with Crippen LogP contribution in [0.1, 0.15) is 33.6 Å². The van der Waals surface area contributed by atoms with Crippen LogP contribution in [-0.4, -0.2) is 16.6 Å². The van der Waals surface area contributed by atoms with Crippen LogP contribution in [0.5, 0.6) is 0 Å². The lowest BCUT2D eigenvalue weighted by atomic mass is 10.0. The van der Waals surface area contributed by atoms with E-state index >= 15 is 0 Å². The highest BCUT2D eigenvalue weighted by molar-refractivity contribution is 5.98. The van der Waals surface area contributed by atoms with Crippen LogP contribution >= 0.6 is 0 Å². The third kappa shape index (κ3) is 3.01. The number of hydrogen-bond donors (Lipinski definition) is 0. The van der Waals surface area contributed by atoms with E-state index in [1.54, 1.807) is 0 Å². The summed E-state index contributed by atoms with van der Waals surface area (Å²) >= 11 is 0. The van der Waals surface area contributed by atoms with Gasteiger partial charge in [-0.3, -0.25) is 0 Å². The van der Waals surface area contributed by atoms with E-state index in [1.165, 1.54) is 12.8 Å². The molecule has 0 N–H and O–H groups in total. The lowest BCUT2D eigenvalue weighted by molar-refractivity contribution is 0.149. The highest BCUT2D eigenvalue weighted by Crippen LogP contribution is 2.12. The van der Waals surface area contributed by atoms with E-state index in [-0.39, 0.29) is 0 Å². The van der Waals surface area contributed by atoms with Crippen molar-refractivity contribution < 1.29 is 4.43 Å². The Labute approximate surface area is 61.3 Å². The quantitative estimate of drug-likeness (QED) is 0.540. The molecule has 0 fully saturated rings. The highest BCUT2D eigenvalue weighted by Gasteiger charge is 2.10. The van der Waals surface area contributed by atoms with Crippen LogP contribution in [0, 0.1) is 5.92 Å². The van der Waals surface area contributed by atoms with E-state index in [0.29, 0.717) is 6.10 Å². The topological polar surface area (TPSA) is 9.23 Å². The zero-order valence-corrected chi connectivity index (χ0v) is 8.98. The van der Waals surface area contributed by atoms with Crippen molar-refractivity contribution in [2.75, 3.05) is 0 Å². The average Bonchev–Trinajstić information content (AvgIpc) is 1.90. The van der Waals surface area contributed by atoms with Gasteiger partial charge in [0.05, 0.1) is 0 Å². The van der Waals surface area contributed by atoms with Crippen molar-refractivity contribution in [3.05, 3.63) is 0 Å². The molecule has 2 atom stereocenters. The first-order valence-corrected chi connectivity index (χ1v) is 4.60. The zero-order chi connectivity index (χ0) is 7.28. The van der Waals surface area contributed by atoms with E-state index in [1.807, 2.05) is 0 Å². The molecule has 2 unspecified atom stereocenters. The van der Waals surface area contributed by atoms with E-state index < -0.39 is 0 Å². The molecule has 0 saturated heterocycles. The number of hydrogen-bond acceptors (Lipinski definition) is 1. The third-order valence-corrected chi connectivity index (χ3v) is 2.59. The zero-order valence-electron chi connectivity index (χ0n) is 6.98. The van der Waals surface area contributed by atoms with Gasteiger partial charge < -0.3 is 4.43 Å². The summed E-state index contributed by atoms with van der Waals surface area (Å²) in [5.41, 5.74) is 0. The molecule has 0 saturated carbocycles. The Balaban J connectivity index is 3.50. The smallest absolute Gasteiger partial charge is 0.146 e. The molecule has 0 rings (SSSR count). The summed E-state index contributed by atoms with van der Waals surface area (Å²) in [6.07, 6.45) is 2.93. The molecule has 0 aromatic carbocycles. The Hall–Kier alpha value is 0.177. The number of rotatable bonds is 4. The Kier molecular flexibility index (Phi) is 5.10. The predicted molar refractivity (Wildman–Crippen MR) is 44.6 cm³/mol. The van der Waals surface area contributed by atoms with E-state index in [4.69, 9.17) is 4.43 Å². The van der Waals surface area contributed by atoms with Gasteiger partial charge in [-0.15, -0.1) is 0 Å².